The Balaban J connectivity index is 1.81. The van der Waals surface area contributed by atoms with Crippen LogP contribution in [0.2, 0.25) is 0 Å². The second-order valence-corrected chi connectivity index (χ2v) is 6.43. The first-order valence-electron chi connectivity index (χ1n) is 7.75. The first kappa shape index (κ1) is 15.2. The number of nitrogens with zero attached hydrogens (tertiary/aromatic N) is 3. The van der Waals surface area contributed by atoms with E-state index in [0.717, 1.165) is 40.3 Å². The van der Waals surface area contributed by atoms with Crippen LogP contribution in [-0.2, 0) is 4.74 Å². The summed E-state index contributed by atoms with van der Waals surface area (Å²) in [7, 11) is 1.67. The summed E-state index contributed by atoms with van der Waals surface area (Å²) >= 11 is 1.66. The zero-order chi connectivity index (χ0) is 16.4. The topological polar surface area (TPSA) is 52.5 Å². The lowest BCUT2D eigenvalue weighted by Gasteiger charge is -2.12. The molecule has 0 spiro atoms. The van der Waals surface area contributed by atoms with Gasteiger partial charge in [-0.15, -0.1) is 10.2 Å². The molecule has 0 saturated carbocycles. The largest absolute Gasteiger partial charge is 0.496 e. The van der Waals surface area contributed by atoms with Crippen molar-refractivity contribution in [1.29, 1.82) is 0 Å². The van der Waals surface area contributed by atoms with Gasteiger partial charge in [-0.25, -0.2) is 0 Å². The Morgan fingerprint density at radius 3 is 2.62 bits per heavy atom. The maximum absolute atomic E-state index is 5.50. The van der Waals surface area contributed by atoms with E-state index in [1.54, 1.807) is 18.9 Å². The van der Waals surface area contributed by atoms with Crippen LogP contribution in [0.25, 0.3) is 17.1 Å². The van der Waals surface area contributed by atoms with Crippen molar-refractivity contribution >= 4 is 11.8 Å². The summed E-state index contributed by atoms with van der Waals surface area (Å²) in [4.78, 5) is 0. The SMILES string of the molecule is COc1ccccc1-c1nnc(SCC2CO2)n1-c1ccccc1. The van der Waals surface area contributed by atoms with Crippen molar-refractivity contribution in [2.24, 2.45) is 0 Å². The van der Waals surface area contributed by atoms with Gasteiger partial charge < -0.3 is 9.47 Å². The van der Waals surface area contributed by atoms with Crippen LogP contribution >= 0.6 is 11.8 Å². The predicted octanol–water partition coefficient (Wildman–Crippen LogP) is 3.43. The Bertz CT molecular complexity index is 831. The van der Waals surface area contributed by atoms with Crippen LogP contribution in [0, 0.1) is 0 Å². The molecule has 2 heterocycles. The van der Waals surface area contributed by atoms with Crippen molar-refractivity contribution in [2.75, 3.05) is 19.5 Å². The first-order chi connectivity index (χ1) is 11.9. The Morgan fingerprint density at radius 1 is 1.12 bits per heavy atom. The van der Waals surface area contributed by atoms with Gasteiger partial charge in [-0.2, -0.15) is 0 Å². The number of ether oxygens (including phenoxy) is 2. The molecule has 1 aliphatic heterocycles. The molecular weight excluding hydrogens is 322 g/mol. The zero-order valence-electron chi connectivity index (χ0n) is 13.3. The first-order valence-corrected chi connectivity index (χ1v) is 8.74. The van der Waals surface area contributed by atoms with E-state index in [2.05, 4.69) is 26.9 Å². The Hall–Kier alpha value is -2.31. The maximum atomic E-state index is 5.50. The summed E-state index contributed by atoms with van der Waals surface area (Å²) in [6, 6.07) is 18.0. The maximum Gasteiger partial charge on any atom is 0.196 e. The van der Waals surface area contributed by atoms with E-state index >= 15 is 0 Å². The zero-order valence-corrected chi connectivity index (χ0v) is 14.1. The fraction of sp³-hybridized carbons (Fsp3) is 0.222. The molecule has 0 radical (unpaired) electrons. The molecular formula is C18H17N3O2S. The summed E-state index contributed by atoms with van der Waals surface area (Å²) in [5.41, 5.74) is 1.95. The molecule has 0 aliphatic carbocycles. The molecule has 1 aliphatic rings. The number of aromatic nitrogens is 3. The van der Waals surface area contributed by atoms with Crippen molar-refractivity contribution in [3.63, 3.8) is 0 Å². The number of thioether (sulfide) groups is 1. The summed E-state index contributed by atoms with van der Waals surface area (Å²) in [5, 5.41) is 9.71. The lowest BCUT2D eigenvalue weighted by molar-refractivity contribution is 0.416. The van der Waals surface area contributed by atoms with Crippen molar-refractivity contribution in [3.8, 4) is 22.8 Å². The summed E-state index contributed by atoms with van der Waals surface area (Å²) in [6.45, 7) is 0.839. The van der Waals surface area contributed by atoms with E-state index in [4.69, 9.17) is 9.47 Å². The molecule has 1 atom stereocenters. The molecule has 0 bridgehead atoms. The highest BCUT2D eigenvalue weighted by Crippen LogP contribution is 2.33. The van der Waals surface area contributed by atoms with Crippen molar-refractivity contribution in [1.82, 2.24) is 14.8 Å². The number of rotatable bonds is 6. The molecule has 6 heteroatoms. The molecule has 0 amide bonds. The molecule has 3 aromatic rings. The monoisotopic (exact) mass is 339 g/mol. The Labute approximate surface area is 144 Å². The normalized spacial score (nSPS) is 16.1. The molecule has 5 nitrogen and oxygen atoms in total. The predicted molar refractivity (Wildman–Crippen MR) is 93.8 cm³/mol. The number of para-hydroxylation sites is 2. The van der Waals surface area contributed by atoms with Gasteiger partial charge in [0.1, 0.15) is 5.75 Å². The van der Waals surface area contributed by atoms with Gasteiger partial charge in [-0.3, -0.25) is 4.57 Å². The number of epoxide rings is 1. The standard InChI is InChI=1S/C18H17N3O2S/c1-22-16-10-6-5-9-15(16)17-19-20-18(24-12-14-11-23-14)21(17)13-7-3-2-4-8-13/h2-10,14H,11-12H2,1H3. The molecule has 122 valence electrons. The van der Waals surface area contributed by atoms with E-state index in [-0.39, 0.29) is 0 Å². The Kier molecular flexibility index (Phi) is 4.23. The third-order valence-corrected chi connectivity index (χ3v) is 4.86. The van der Waals surface area contributed by atoms with Gasteiger partial charge in [-0.05, 0) is 24.3 Å². The molecule has 0 N–H and O–H groups in total. The smallest absolute Gasteiger partial charge is 0.196 e. The lowest BCUT2D eigenvalue weighted by Crippen LogP contribution is -2.01. The fourth-order valence-corrected chi connectivity index (χ4v) is 3.46. The quantitative estimate of drug-likeness (QED) is 0.509. The highest BCUT2D eigenvalue weighted by Gasteiger charge is 2.25. The van der Waals surface area contributed by atoms with Crippen molar-refractivity contribution < 1.29 is 9.47 Å². The minimum atomic E-state index is 0.339. The van der Waals surface area contributed by atoms with Gasteiger partial charge in [0.15, 0.2) is 11.0 Å². The summed E-state index contributed by atoms with van der Waals surface area (Å²) < 4.78 is 12.9. The number of hydrogen-bond donors (Lipinski definition) is 0. The minimum Gasteiger partial charge on any atom is -0.496 e. The van der Waals surface area contributed by atoms with Gasteiger partial charge in [0.25, 0.3) is 0 Å². The highest BCUT2D eigenvalue weighted by atomic mass is 32.2. The van der Waals surface area contributed by atoms with Crippen LogP contribution in [0.5, 0.6) is 5.75 Å². The Morgan fingerprint density at radius 2 is 1.88 bits per heavy atom. The van der Waals surface area contributed by atoms with E-state index in [0.29, 0.717) is 6.10 Å². The number of hydrogen-bond acceptors (Lipinski definition) is 5. The van der Waals surface area contributed by atoms with Crippen molar-refractivity contribution in [3.05, 3.63) is 54.6 Å². The average molecular weight is 339 g/mol. The third-order valence-electron chi connectivity index (χ3n) is 3.80. The van der Waals surface area contributed by atoms with E-state index in [1.807, 2.05) is 42.5 Å². The molecule has 2 aromatic carbocycles. The third kappa shape index (κ3) is 3.02. The van der Waals surface area contributed by atoms with Crippen molar-refractivity contribution in [2.45, 2.75) is 11.3 Å². The van der Waals surface area contributed by atoms with Crippen LogP contribution in [-0.4, -0.2) is 40.3 Å². The van der Waals surface area contributed by atoms with Gasteiger partial charge in [0.2, 0.25) is 0 Å². The second-order valence-electron chi connectivity index (χ2n) is 5.44. The molecule has 24 heavy (non-hydrogen) atoms. The molecule has 1 saturated heterocycles. The van der Waals surface area contributed by atoms with Crippen LogP contribution < -0.4 is 4.74 Å². The van der Waals surface area contributed by atoms with Crippen LogP contribution in [0.15, 0.2) is 59.8 Å². The average Bonchev–Trinajstić information content (AvgIpc) is 3.38. The molecule has 1 fully saturated rings. The fourth-order valence-electron chi connectivity index (χ4n) is 2.51. The summed E-state index contributed by atoms with van der Waals surface area (Å²) in [5.74, 6) is 2.44. The summed E-state index contributed by atoms with van der Waals surface area (Å²) in [6.07, 6.45) is 0.339. The molecule has 1 aromatic heterocycles. The van der Waals surface area contributed by atoms with Gasteiger partial charge >= 0.3 is 0 Å². The minimum absolute atomic E-state index is 0.339. The van der Waals surface area contributed by atoms with E-state index < -0.39 is 0 Å². The molecule has 4 rings (SSSR count). The molecule has 1 unspecified atom stereocenters. The van der Waals surface area contributed by atoms with Crippen LogP contribution in [0.4, 0.5) is 0 Å². The highest BCUT2D eigenvalue weighted by molar-refractivity contribution is 7.99. The van der Waals surface area contributed by atoms with E-state index in [9.17, 15) is 0 Å². The lowest BCUT2D eigenvalue weighted by atomic mass is 10.2. The van der Waals surface area contributed by atoms with Gasteiger partial charge in [0.05, 0.1) is 25.4 Å². The van der Waals surface area contributed by atoms with Crippen LogP contribution in [0.3, 0.4) is 0 Å². The van der Waals surface area contributed by atoms with Gasteiger partial charge in [-0.1, -0.05) is 42.1 Å². The number of methoxy groups -OCH3 is 1. The van der Waals surface area contributed by atoms with Gasteiger partial charge in [0, 0.05) is 11.4 Å². The van der Waals surface area contributed by atoms with Crippen LogP contribution in [0.1, 0.15) is 0 Å². The van der Waals surface area contributed by atoms with E-state index in [1.165, 1.54) is 0 Å². The number of benzene rings is 2. The second kappa shape index (κ2) is 6.67.